The number of piperidine rings is 1. The third kappa shape index (κ3) is 5.06. The predicted molar refractivity (Wildman–Crippen MR) is 122 cm³/mol. The first-order valence-corrected chi connectivity index (χ1v) is 11.8. The molecule has 3 atom stereocenters. The van der Waals surface area contributed by atoms with Crippen LogP contribution in [-0.4, -0.2) is 77.5 Å². The van der Waals surface area contributed by atoms with Crippen LogP contribution in [0.25, 0.3) is 6.08 Å². The first-order valence-electron chi connectivity index (χ1n) is 11.4. The molecule has 32 heavy (non-hydrogen) atoms. The molecular formula is C24H31ClFN3O3. The summed E-state index contributed by atoms with van der Waals surface area (Å²) in [4.78, 5) is 29.5. The Balaban J connectivity index is 1.47. The molecule has 2 aliphatic heterocycles. The van der Waals surface area contributed by atoms with Crippen molar-refractivity contribution in [1.29, 1.82) is 0 Å². The van der Waals surface area contributed by atoms with Gasteiger partial charge in [0.1, 0.15) is 5.82 Å². The fourth-order valence-corrected chi connectivity index (χ4v) is 5.09. The van der Waals surface area contributed by atoms with Gasteiger partial charge in [-0.25, -0.2) is 4.39 Å². The number of nitrogens with zero attached hydrogens (tertiary/aromatic N) is 2. The number of aliphatic hydroxyl groups is 1. The number of carbonyl (C=O) groups excluding carboxylic acids is 2. The lowest BCUT2D eigenvalue weighted by Gasteiger charge is -2.41. The lowest BCUT2D eigenvalue weighted by atomic mass is 9.88. The van der Waals surface area contributed by atoms with Gasteiger partial charge in [-0.15, -0.1) is 0 Å². The Bertz CT molecular complexity index is 904. The van der Waals surface area contributed by atoms with Crippen LogP contribution in [0.1, 0.15) is 38.2 Å². The van der Waals surface area contributed by atoms with Gasteiger partial charge in [0.2, 0.25) is 5.91 Å². The summed E-state index contributed by atoms with van der Waals surface area (Å²) in [6, 6.07) is 3.74. The molecule has 0 bridgehead atoms. The Morgan fingerprint density at radius 3 is 2.84 bits per heavy atom. The quantitative estimate of drug-likeness (QED) is 0.608. The SMILES string of the molecule is CC1C(=O)NCCN1CCC(C(=O)/C=C/c1ccc(F)c(Cl)c1)N1CCC2(CC2)[C@H](O)C1. The summed E-state index contributed by atoms with van der Waals surface area (Å²) >= 11 is 5.86. The molecule has 1 amide bonds. The molecule has 2 unspecified atom stereocenters. The largest absolute Gasteiger partial charge is 0.391 e. The highest BCUT2D eigenvalue weighted by Gasteiger charge is 2.52. The highest BCUT2D eigenvalue weighted by molar-refractivity contribution is 6.30. The number of hydrogen-bond donors (Lipinski definition) is 2. The second kappa shape index (κ2) is 9.59. The molecule has 1 aromatic carbocycles. The van der Waals surface area contributed by atoms with E-state index in [0.29, 0.717) is 31.6 Å². The monoisotopic (exact) mass is 463 g/mol. The summed E-state index contributed by atoms with van der Waals surface area (Å²) in [6.45, 7) is 5.13. The molecule has 1 aliphatic carbocycles. The first-order chi connectivity index (χ1) is 15.3. The summed E-state index contributed by atoms with van der Waals surface area (Å²) in [5, 5.41) is 13.6. The fourth-order valence-electron chi connectivity index (χ4n) is 4.90. The number of likely N-dealkylation sites (tertiary alicyclic amines) is 1. The van der Waals surface area contributed by atoms with Crippen molar-refractivity contribution in [2.75, 3.05) is 32.7 Å². The van der Waals surface area contributed by atoms with E-state index in [4.69, 9.17) is 11.6 Å². The minimum absolute atomic E-state index is 0.0104. The van der Waals surface area contributed by atoms with Gasteiger partial charge < -0.3 is 10.4 Å². The van der Waals surface area contributed by atoms with E-state index in [1.807, 2.05) is 6.92 Å². The maximum absolute atomic E-state index is 13.4. The lowest BCUT2D eigenvalue weighted by molar-refractivity contribution is -0.128. The molecule has 1 spiro atoms. The molecule has 2 saturated heterocycles. The van der Waals surface area contributed by atoms with Crippen LogP contribution >= 0.6 is 11.6 Å². The van der Waals surface area contributed by atoms with Crippen LogP contribution in [0.5, 0.6) is 0 Å². The van der Waals surface area contributed by atoms with Crippen LogP contribution in [0.15, 0.2) is 24.3 Å². The van der Waals surface area contributed by atoms with Gasteiger partial charge in [-0.2, -0.15) is 0 Å². The minimum Gasteiger partial charge on any atom is -0.391 e. The van der Waals surface area contributed by atoms with E-state index in [1.54, 1.807) is 12.1 Å². The van der Waals surface area contributed by atoms with Crippen LogP contribution in [0.4, 0.5) is 4.39 Å². The van der Waals surface area contributed by atoms with E-state index in [9.17, 15) is 19.1 Å². The molecule has 2 N–H and O–H groups in total. The second-order valence-electron chi connectivity index (χ2n) is 9.34. The van der Waals surface area contributed by atoms with Crippen LogP contribution in [0, 0.1) is 11.2 Å². The Morgan fingerprint density at radius 1 is 1.38 bits per heavy atom. The molecule has 8 heteroatoms. The van der Waals surface area contributed by atoms with Gasteiger partial charge in [-0.05, 0) is 68.3 Å². The van der Waals surface area contributed by atoms with Crippen molar-refractivity contribution < 1.29 is 19.1 Å². The Labute approximate surface area is 193 Å². The average molecular weight is 464 g/mol. The van der Waals surface area contributed by atoms with Crippen LogP contribution in [0.3, 0.4) is 0 Å². The molecule has 6 nitrogen and oxygen atoms in total. The van der Waals surface area contributed by atoms with Crippen LogP contribution < -0.4 is 5.32 Å². The average Bonchev–Trinajstić information content (AvgIpc) is 3.55. The number of rotatable bonds is 7. The van der Waals surface area contributed by atoms with E-state index in [1.165, 1.54) is 18.2 Å². The van der Waals surface area contributed by atoms with Crippen molar-refractivity contribution in [3.8, 4) is 0 Å². The Morgan fingerprint density at radius 2 is 2.16 bits per heavy atom. The molecule has 174 valence electrons. The number of nitrogens with one attached hydrogen (secondary N) is 1. The van der Waals surface area contributed by atoms with Gasteiger partial charge in [0.15, 0.2) is 5.78 Å². The zero-order chi connectivity index (χ0) is 22.9. The molecule has 3 fully saturated rings. The summed E-state index contributed by atoms with van der Waals surface area (Å²) in [7, 11) is 0. The van der Waals surface area contributed by atoms with Crippen molar-refractivity contribution in [2.24, 2.45) is 5.41 Å². The summed E-state index contributed by atoms with van der Waals surface area (Å²) in [6.07, 6.45) is 6.36. The molecule has 2 heterocycles. The number of aliphatic hydroxyl groups excluding tert-OH is 1. The highest BCUT2D eigenvalue weighted by atomic mass is 35.5. The van der Waals surface area contributed by atoms with E-state index in [2.05, 4.69) is 15.1 Å². The third-order valence-corrected chi connectivity index (χ3v) is 7.66. The zero-order valence-electron chi connectivity index (χ0n) is 18.4. The number of piperazine rings is 1. The Kier molecular flexibility index (Phi) is 7.00. The smallest absolute Gasteiger partial charge is 0.237 e. The summed E-state index contributed by atoms with van der Waals surface area (Å²) < 4.78 is 13.4. The standard InChI is InChI=1S/C24H31ClFN3O3/c1-16-23(32)27-10-13-28(16)11-6-20(29-12-9-24(7-8-24)22(31)15-29)21(30)5-3-17-2-4-19(26)18(25)14-17/h2-5,14,16,20,22,31H,6-13,15H2,1H3,(H,27,32)/b5-3+/t16?,20?,22-/m1/s1. The van der Waals surface area contributed by atoms with Gasteiger partial charge in [-0.1, -0.05) is 23.7 Å². The maximum Gasteiger partial charge on any atom is 0.237 e. The van der Waals surface area contributed by atoms with Crippen molar-refractivity contribution in [2.45, 2.75) is 50.8 Å². The molecule has 0 aromatic heterocycles. The molecule has 4 rings (SSSR count). The number of ketones is 1. The third-order valence-electron chi connectivity index (χ3n) is 7.37. The molecule has 1 aromatic rings. The van der Waals surface area contributed by atoms with E-state index in [0.717, 1.165) is 32.4 Å². The number of hydrogen-bond acceptors (Lipinski definition) is 5. The van der Waals surface area contributed by atoms with Crippen molar-refractivity contribution >= 4 is 29.4 Å². The summed E-state index contributed by atoms with van der Waals surface area (Å²) in [5.41, 5.74) is 0.713. The zero-order valence-corrected chi connectivity index (χ0v) is 19.2. The predicted octanol–water partition coefficient (Wildman–Crippen LogP) is 2.49. The number of carbonyl (C=O) groups is 2. The van der Waals surface area contributed by atoms with Crippen molar-refractivity contribution in [3.05, 3.63) is 40.7 Å². The number of benzene rings is 1. The van der Waals surface area contributed by atoms with Gasteiger partial charge in [0.25, 0.3) is 0 Å². The van der Waals surface area contributed by atoms with Crippen LogP contribution in [-0.2, 0) is 9.59 Å². The first kappa shape index (κ1) is 23.4. The minimum atomic E-state index is -0.496. The van der Waals surface area contributed by atoms with Gasteiger partial charge in [-0.3, -0.25) is 19.4 Å². The molecule has 3 aliphatic rings. The number of amides is 1. The molecule has 1 saturated carbocycles. The Hall–Kier alpha value is -1.80. The van der Waals surface area contributed by atoms with E-state index in [-0.39, 0.29) is 34.2 Å². The number of β-amino-alcohol motifs (C(OH)–C–C–N with tert-alkyl or cyclic N) is 1. The molecule has 0 radical (unpaired) electrons. The normalized spacial score (nSPS) is 26.9. The molecular weight excluding hydrogens is 433 g/mol. The number of halogens is 2. The highest BCUT2D eigenvalue weighted by Crippen LogP contribution is 2.53. The van der Waals surface area contributed by atoms with Gasteiger partial charge >= 0.3 is 0 Å². The van der Waals surface area contributed by atoms with Gasteiger partial charge in [0, 0.05) is 26.2 Å². The lowest BCUT2D eigenvalue weighted by Crippen LogP contribution is -2.56. The van der Waals surface area contributed by atoms with Gasteiger partial charge in [0.05, 0.1) is 23.2 Å². The van der Waals surface area contributed by atoms with Crippen molar-refractivity contribution in [3.63, 3.8) is 0 Å². The van der Waals surface area contributed by atoms with Crippen molar-refractivity contribution in [1.82, 2.24) is 15.1 Å². The van der Waals surface area contributed by atoms with E-state index < -0.39 is 11.9 Å². The summed E-state index contributed by atoms with van der Waals surface area (Å²) in [5.74, 6) is -0.543. The van der Waals surface area contributed by atoms with E-state index >= 15 is 0 Å². The second-order valence-corrected chi connectivity index (χ2v) is 9.75. The topological polar surface area (TPSA) is 72.9 Å². The fraction of sp³-hybridized carbons (Fsp3) is 0.583. The maximum atomic E-state index is 13.4. The van der Waals surface area contributed by atoms with Crippen LogP contribution in [0.2, 0.25) is 5.02 Å².